The minimum absolute atomic E-state index is 0.0439. The number of carbonyl (C=O) groups is 1. The number of amides is 1. The molecule has 5 nitrogen and oxygen atoms in total. The van der Waals surface area contributed by atoms with Crippen LogP contribution in [0.1, 0.15) is 6.92 Å². The van der Waals surface area contributed by atoms with Crippen LogP contribution in [0.4, 0.5) is 5.69 Å². The van der Waals surface area contributed by atoms with Crippen LogP contribution in [-0.4, -0.2) is 20.4 Å². The number of nitrogens with one attached hydrogen (secondary N) is 2. The lowest BCUT2D eigenvalue weighted by Crippen LogP contribution is -2.41. The van der Waals surface area contributed by atoms with Crippen molar-refractivity contribution in [2.45, 2.75) is 17.9 Å². The first-order valence-electron chi connectivity index (χ1n) is 6.63. The summed E-state index contributed by atoms with van der Waals surface area (Å²) in [6.45, 7) is 1.47. The van der Waals surface area contributed by atoms with Gasteiger partial charge in [-0.25, -0.2) is 8.42 Å². The molecule has 122 valence electrons. The molecule has 0 aromatic heterocycles. The minimum Gasteiger partial charge on any atom is -0.324 e. The molecule has 0 aliphatic carbocycles. The molecule has 2 rings (SSSR count). The van der Waals surface area contributed by atoms with E-state index in [4.69, 9.17) is 11.6 Å². The number of rotatable bonds is 5. The normalized spacial score (nSPS) is 12.7. The Bertz CT molecular complexity index is 810. The molecule has 1 atom stereocenters. The standard InChI is InChI=1S/C15H14BrClN2O3S/c1-10(15(20)18-14-5-3-2-4-13(14)16)19-23(21,22)12-8-6-11(17)7-9-12/h2-10,19H,1H3,(H,18,20)/t10-/m1/s1. The van der Waals surface area contributed by atoms with Gasteiger partial charge in [-0.2, -0.15) is 4.72 Å². The Morgan fingerprint density at radius 2 is 1.74 bits per heavy atom. The van der Waals surface area contributed by atoms with E-state index in [1.807, 2.05) is 6.07 Å². The number of hydrogen-bond donors (Lipinski definition) is 2. The van der Waals surface area contributed by atoms with E-state index in [0.717, 1.165) is 0 Å². The van der Waals surface area contributed by atoms with Crippen LogP contribution in [0.2, 0.25) is 5.02 Å². The molecule has 2 aromatic carbocycles. The zero-order valence-corrected chi connectivity index (χ0v) is 15.2. The number of hydrogen-bond acceptors (Lipinski definition) is 3. The highest BCUT2D eigenvalue weighted by Gasteiger charge is 2.22. The summed E-state index contributed by atoms with van der Waals surface area (Å²) in [6, 6.07) is 11.8. The Kier molecular flexibility index (Phi) is 5.80. The number of halogens is 2. The predicted octanol–water partition coefficient (Wildman–Crippen LogP) is 3.41. The Labute approximate surface area is 148 Å². The van der Waals surface area contributed by atoms with E-state index in [1.54, 1.807) is 18.2 Å². The maximum Gasteiger partial charge on any atom is 0.242 e. The van der Waals surface area contributed by atoms with E-state index in [-0.39, 0.29) is 4.90 Å². The lowest BCUT2D eigenvalue weighted by atomic mass is 10.3. The third-order valence-corrected chi connectivity index (χ3v) is 5.48. The highest BCUT2D eigenvalue weighted by molar-refractivity contribution is 9.10. The number of para-hydroxylation sites is 1. The van der Waals surface area contributed by atoms with Gasteiger partial charge < -0.3 is 5.32 Å². The maximum atomic E-state index is 12.2. The zero-order valence-electron chi connectivity index (χ0n) is 12.1. The van der Waals surface area contributed by atoms with Crippen LogP contribution in [0.3, 0.4) is 0 Å². The molecule has 0 spiro atoms. The van der Waals surface area contributed by atoms with Gasteiger partial charge in [-0.15, -0.1) is 0 Å². The van der Waals surface area contributed by atoms with Gasteiger partial charge in [0.1, 0.15) is 0 Å². The molecule has 23 heavy (non-hydrogen) atoms. The first-order valence-corrected chi connectivity index (χ1v) is 9.28. The lowest BCUT2D eigenvalue weighted by molar-refractivity contribution is -0.117. The van der Waals surface area contributed by atoms with Gasteiger partial charge in [0.2, 0.25) is 15.9 Å². The summed E-state index contributed by atoms with van der Waals surface area (Å²) in [5.41, 5.74) is 0.565. The molecule has 2 aromatic rings. The second-order valence-electron chi connectivity index (χ2n) is 4.77. The van der Waals surface area contributed by atoms with Gasteiger partial charge in [-0.05, 0) is 59.3 Å². The van der Waals surface area contributed by atoms with Crippen molar-refractivity contribution in [1.82, 2.24) is 4.72 Å². The SMILES string of the molecule is C[C@@H](NS(=O)(=O)c1ccc(Cl)cc1)C(=O)Nc1ccccc1Br. The van der Waals surface area contributed by atoms with Crippen molar-refractivity contribution in [3.05, 3.63) is 58.0 Å². The van der Waals surface area contributed by atoms with Crippen molar-refractivity contribution in [3.63, 3.8) is 0 Å². The Balaban J connectivity index is 2.08. The van der Waals surface area contributed by atoms with E-state index in [0.29, 0.717) is 15.2 Å². The van der Waals surface area contributed by atoms with Gasteiger partial charge in [0, 0.05) is 9.50 Å². The molecule has 0 heterocycles. The average Bonchev–Trinajstić information content (AvgIpc) is 2.49. The summed E-state index contributed by atoms with van der Waals surface area (Å²) < 4.78 is 27.5. The molecule has 0 saturated carbocycles. The summed E-state index contributed by atoms with van der Waals surface area (Å²) in [5.74, 6) is -0.463. The summed E-state index contributed by atoms with van der Waals surface area (Å²) >= 11 is 9.05. The molecule has 0 aliphatic heterocycles. The van der Waals surface area contributed by atoms with Crippen molar-refractivity contribution in [3.8, 4) is 0 Å². The quantitative estimate of drug-likeness (QED) is 0.783. The third-order valence-electron chi connectivity index (χ3n) is 2.98. The Hall–Kier alpha value is -1.41. The lowest BCUT2D eigenvalue weighted by Gasteiger charge is -2.15. The molecule has 0 fully saturated rings. The van der Waals surface area contributed by atoms with E-state index in [1.165, 1.54) is 31.2 Å². The van der Waals surface area contributed by atoms with Gasteiger partial charge in [0.15, 0.2) is 0 Å². The summed E-state index contributed by atoms with van der Waals surface area (Å²) in [4.78, 5) is 12.2. The molecule has 0 unspecified atom stereocenters. The highest BCUT2D eigenvalue weighted by Crippen LogP contribution is 2.21. The van der Waals surface area contributed by atoms with Crippen molar-refractivity contribution in [2.75, 3.05) is 5.32 Å². The number of anilines is 1. The number of sulfonamides is 1. The van der Waals surface area contributed by atoms with Crippen molar-refractivity contribution >= 4 is 49.1 Å². The fourth-order valence-electron chi connectivity index (χ4n) is 1.77. The van der Waals surface area contributed by atoms with Gasteiger partial charge in [0.05, 0.1) is 16.6 Å². The van der Waals surface area contributed by atoms with Crippen LogP contribution in [0.5, 0.6) is 0 Å². The summed E-state index contributed by atoms with van der Waals surface area (Å²) in [6.07, 6.45) is 0. The van der Waals surface area contributed by atoms with Gasteiger partial charge in [-0.3, -0.25) is 4.79 Å². The molecule has 2 N–H and O–H groups in total. The number of benzene rings is 2. The van der Waals surface area contributed by atoms with Crippen molar-refractivity contribution in [2.24, 2.45) is 0 Å². The van der Waals surface area contributed by atoms with Crippen LogP contribution < -0.4 is 10.0 Å². The predicted molar refractivity (Wildman–Crippen MR) is 94.0 cm³/mol. The van der Waals surface area contributed by atoms with Crippen LogP contribution in [-0.2, 0) is 14.8 Å². The fourth-order valence-corrected chi connectivity index (χ4v) is 3.48. The van der Waals surface area contributed by atoms with Crippen LogP contribution in [0.25, 0.3) is 0 Å². The maximum absolute atomic E-state index is 12.2. The van der Waals surface area contributed by atoms with Crippen molar-refractivity contribution in [1.29, 1.82) is 0 Å². The van der Waals surface area contributed by atoms with Crippen LogP contribution in [0, 0.1) is 0 Å². The number of carbonyl (C=O) groups excluding carboxylic acids is 1. The second-order valence-corrected chi connectivity index (χ2v) is 7.77. The zero-order chi connectivity index (χ0) is 17.0. The van der Waals surface area contributed by atoms with E-state index < -0.39 is 22.0 Å². The minimum atomic E-state index is -3.80. The summed E-state index contributed by atoms with van der Waals surface area (Å²) in [5, 5.41) is 3.09. The molecule has 8 heteroatoms. The van der Waals surface area contributed by atoms with E-state index in [9.17, 15) is 13.2 Å². The molecule has 0 aliphatic rings. The molecule has 0 radical (unpaired) electrons. The topological polar surface area (TPSA) is 75.3 Å². The second kappa shape index (κ2) is 7.44. The monoisotopic (exact) mass is 416 g/mol. The molecule has 1 amide bonds. The van der Waals surface area contributed by atoms with E-state index in [2.05, 4.69) is 26.0 Å². The highest BCUT2D eigenvalue weighted by atomic mass is 79.9. The van der Waals surface area contributed by atoms with Crippen LogP contribution >= 0.6 is 27.5 Å². The van der Waals surface area contributed by atoms with Gasteiger partial charge in [-0.1, -0.05) is 23.7 Å². The molecular formula is C15H14BrClN2O3S. The Morgan fingerprint density at radius 3 is 2.35 bits per heavy atom. The first kappa shape index (κ1) is 17.9. The largest absolute Gasteiger partial charge is 0.324 e. The average molecular weight is 418 g/mol. The summed E-state index contributed by atoms with van der Waals surface area (Å²) in [7, 11) is -3.80. The van der Waals surface area contributed by atoms with E-state index >= 15 is 0 Å². The van der Waals surface area contributed by atoms with Gasteiger partial charge >= 0.3 is 0 Å². The Morgan fingerprint density at radius 1 is 1.13 bits per heavy atom. The van der Waals surface area contributed by atoms with Crippen molar-refractivity contribution < 1.29 is 13.2 Å². The third kappa shape index (κ3) is 4.78. The molecule has 0 bridgehead atoms. The molecular weight excluding hydrogens is 404 g/mol. The fraction of sp³-hybridized carbons (Fsp3) is 0.133. The van der Waals surface area contributed by atoms with Gasteiger partial charge in [0.25, 0.3) is 0 Å². The first-order chi connectivity index (χ1) is 10.8. The van der Waals surface area contributed by atoms with Crippen LogP contribution in [0.15, 0.2) is 57.9 Å². The smallest absolute Gasteiger partial charge is 0.242 e. The molecule has 0 saturated heterocycles.